The molecule has 1 aromatic heterocycles. The van der Waals surface area contributed by atoms with Crippen molar-refractivity contribution in [1.29, 1.82) is 0 Å². The van der Waals surface area contributed by atoms with Gasteiger partial charge in [-0.15, -0.1) is 0 Å². The molecule has 0 bridgehead atoms. The Bertz CT molecular complexity index is 891. The van der Waals surface area contributed by atoms with Gasteiger partial charge in [0.2, 0.25) is 0 Å². The molecule has 0 amide bonds. The van der Waals surface area contributed by atoms with Gasteiger partial charge in [-0.25, -0.2) is 0 Å². The number of fused-ring (bicyclic) bond motifs is 3. The predicted molar refractivity (Wildman–Crippen MR) is 88.8 cm³/mol. The third-order valence-electron chi connectivity index (χ3n) is 4.77. The molecular weight excluding hydrogens is 313 g/mol. The van der Waals surface area contributed by atoms with Crippen LogP contribution in [0.4, 0.5) is 13.2 Å². The number of hydrogen-bond donors (Lipinski definition) is 1. The fraction of sp³-hybridized carbons (Fsp3) is 0.263. The van der Waals surface area contributed by atoms with Crippen molar-refractivity contribution in [3.8, 4) is 11.1 Å². The standard InChI is InChI=1S/C19H17F3N2/c1-24-9-7-15-16(10-13-6-8-23-18(13)17(15)11-24)12-2-4-14(5-3-12)19(20,21)22/h2-6,8,10,23H,7,9,11H2,1H3. The second kappa shape index (κ2) is 5.38. The predicted octanol–water partition coefficient (Wildman–Crippen LogP) is 4.84. The van der Waals surface area contributed by atoms with Gasteiger partial charge in [-0.1, -0.05) is 12.1 Å². The van der Waals surface area contributed by atoms with Gasteiger partial charge in [-0.3, -0.25) is 0 Å². The number of H-pyrrole nitrogens is 1. The van der Waals surface area contributed by atoms with Crippen LogP contribution < -0.4 is 0 Å². The zero-order valence-electron chi connectivity index (χ0n) is 13.2. The normalized spacial score (nSPS) is 15.7. The third kappa shape index (κ3) is 2.49. The minimum absolute atomic E-state index is 0.609. The lowest BCUT2D eigenvalue weighted by Gasteiger charge is -2.27. The molecule has 0 unspecified atom stereocenters. The molecule has 0 atom stereocenters. The van der Waals surface area contributed by atoms with Crippen LogP contribution in [-0.4, -0.2) is 23.5 Å². The Morgan fingerprint density at radius 1 is 1.04 bits per heavy atom. The lowest BCUT2D eigenvalue weighted by Crippen LogP contribution is -2.27. The first kappa shape index (κ1) is 15.3. The van der Waals surface area contributed by atoms with E-state index < -0.39 is 11.7 Å². The highest BCUT2D eigenvalue weighted by Gasteiger charge is 2.30. The molecule has 0 aliphatic carbocycles. The van der Waals surface area contributed by atoms with Gasteiger partial charge in [0, 0.05) is 24.7 Å². The molecule has 2 heterocycles. The van der Waals surface area contributed by atoms with Crippen LogP contribution in [0.15, 0.2) is 42.6 Å². The molecule has 0 saturated heterocycles. The van der Waals surface area contributed by atoms with Crippen LogP contribution in [0.5, 0.6) is 0 Å². The molecule has 124 valence electrons. The summed E-state index contributed by atoms with van der Waals surface area (Å²) in [6.07, 6.45) is -1.49. The van der Waals surface area contributed by atoms with E-state index in [9.17, 15) is 13.2 Å². The molecule has 1 aliphatic rings. The number of likely N-dealkylation sites (N-methyl/N-ethyl adjacent to an activating group) is 1. The van der Waals surface area contributed by atoms with E-state index in [-0.39, 0.29) is 0 Å². The average Bonchev–Trinajstić information content (AvgIpc) is 3.02. The number of halogens is 3. The molecular formula is C19H17F3N2. The minimum atomic E-state index is -4.30. The maximum Gasteiger partial charge on any atom is 0.416 e. The summed E-state index contributed by atoms with van der Waals surface area (Å²) in [4.78, 5) is 5.56. The Balaban J connectivity index is 1.88. The number of aromatic amines is 1. The molecule has 0 saturated carbocycles. The molecule has 1 aliphatic heterocycles. The molecule has 2 aromatic carbocycles. The first-order chi connectivity index (χ1) is 11.4. The number of aromatic nitrogens is 1. The van der Waals surface area contributed by atoms with Crippen LogP contribution in [0, 0.1) is 0 Å². The number of benzene rings is 2. The summed E-state index contributed by atoms with van der Waals surface area (Å²) in [6, 6.07) is 9.58. The molecule has 4 rings (SSSR count). The first-order valence-electron chi connectivity index (χ1n) is 7.91. The Hall–Kier alpha value is -2.27. The Kier molecular flexibility index (Phi) is 3.42. The second-order valence-corrected chi connectivity index (χ2v) is 6.39. The van der Waals surface area contributed by atoms with Crippen molar-refractivity contribution in [3.05, 3.63) is 59.3 Å². The quantitative estimate of drug-likeness (QED) is 0.676. The van der Waals surface area contributed by atoms with Crippen molar-refractivity contribution < 1.29 is 13.2 Å². The van der Waals surface area contributed by atoms with Gasteiger partial charge in [0.15, 0.2) is 0 Å². The molecule has 2 nitrogen and oxygen atoms in total. The highest BCUT2D eigenvalue weighted by Crippen LogP contribution is 2.37. The summed E-state index contributed by atoms with van der Waals surface area (Å²) in [5.41, 5.74) is 4.89. The first-order valence-corrected chi connectivity index (χ1v) is 7.91. The second-order valence-electron chi connectivity index (χ2n) is 6.39. The van der Waals surface area contributed by atoms with Gasteiger partial charge in [0.25, 0.3) is 0 Å². The molecule has 0 spiro atoms. The van der Waals surface area contributed by atoms with E-state index in [0.717, 1.165) is 53.7 Å². The van der Waals surface area contributed by atoms with E-state index in [0.29, 0.717) is 0 Å². The minimum Gasteiger partial charge on any atom is -0.361 e. The van der Waals surface area contributed by atoms with E-state index in [2.05, 4.69) is 23.0 Å². The van der Waals surface area contributed by atoms with Gasteiger partial charge in [-0.2, -0.15) is 13.2 Å². The Morgan fingerprint density at radius 2 is 1.79 bits per heavy atom. The largest absolute Gasteiger partial charge is 0.416 e. The van der Waals surface area contributed by atoms with E-state index in [1.165, 1.54) is 11.1 Å². The van der Waals surface area contributed by atoms with Crippen LogP contribution in [0.1, 0.15) is 16.7 Å². The van der Waals surface area contributed by atoms with Crippen molar-refractivity contribution in [3.63, 3.8) is 0 Å². The molecule has 24 heavy (non-hydrogen) atoms. The van der Waals surface area contributed by atoms with Crippen molar-refractivity contribution in [2.75, 3.05) is 13.6 Å². The lowest BCUT2D eigenvalue weighted by molar-refractivity contribution is -0.137. The van der Waals surface area contributed by atoms with Crippen molar-refractivity contribution in [2.45, 2.75) is 19.1 Å². The number of hydrogen-bond acceptors (Lipinski definition) is 1. The molecule has 0 fully saturated rings. The summed E-state index contributed by atoms with van der Waals surface area (Å²) in [7, 11) is 2.09. The molecule has 5 heteroatoms. The van der Waals surface area contributed by atoms with E-state index in [1.54, 1.807) is 12.1 Å². The number of rotatable bonds is 1. The Labute approximate surface area is 137 Å². The summed E-state index contributed by atoms with van der Waals surface area (Å²) in [5, 5.41) is 1.10. The number of nitrogens with one attached hydrogen (secondary N) is 1. The smallest absolute Gasteiger partial charge is 0.361 e. The van der Waals surface area contributed by atoms with Crippen molar-refractivity contribution >= 4 is 10.9 Å². The van der Waals surface area contributed by atoms with Crippen LogP contribution >= 0.6 is 0 Å². The van der Waals surface area contributed by atoms with Crippen LogP contribution in [0.25, 0.3) is 22.0 Å². The summed E-state index contributed by atoms with van der Waals surface area (Å²) < 4.78 is 38.4. The van der Waals surface area contributed by atoms with Crippen LogP contribution in [-0.2, 0) is 19.1 Å². The van der Waals surface area contributed by atoms with Crippen molar-refractivity contribution in [1.82, 2.24) is 9.88 Å². The third-order valence-corrected chi connectivity index (χ3v) is 4.77. The van der Waals surface area contributed by atoms with Crippen LogP contribution in [0.3, 0.4) is 0 Å². The monoisotopic (exact) mass is 330 g/mol. The summed E-state index contributed by atoms with van der Waals surface area (Å²) >= 11 is 0. The maximum atomic E-state index is 12.8. The summed E-state index contributed by atoms with van der Waals surface area (Å²) in [6.45, 7) is 1.80. The van der Waals surface area contributed by atoms with Gasteiger partial charge in [0.05, 0.1) is 11.1 Å². The topological polar surface area (TPSA) is 19.0 Å². The van der Waals surface area contributed by atoms with E-state index >= 15 is 0 Å². The molecule has 1 N–H and O–H groups in total. The van der Waals surface area contributed by atoms with Gasteiger partial charge in [0.1, 0.15) is 0 Å². The van der Waals surface area contributed by atoms with Gasteiger partial charge in [-0.05, 0) is 60.0 Å². The summed E-state index contributed by atoms with van der Waals surface area (Å²) in [5.74, 6) is 0. The average molecular weight is 330 g/mol. The van der Waals surface area contributed by atoms with E-state index in [1.807, 2.05) is 12.3 Å². The lowest BCUT2D eigenvalue weighted by atomic mass is 9.88. The van der Waals surface area contributed by atoms with Crippen LogP contribution in [0.2, 0.25) is 0 Å². The SMILES string of the molecule is CN1CCc2c(-c3ccc(C(F)(F)F)cc3)cc3cc[nH]c3c2C1. The maximum absolute atomic E-state index is 12.8. The number of nitrogens with zero attached hydrogens (tertiary/aromatic N) is 1. The fourth-order valence-electron chi connectivity index (χ4n) is 3.53. The highest BCUT2D eigenvalue weighted by molar-refractivity contribution is 5.90. The number of alkyl halides is 3. The highest BCUT2D eigenvalue weighted by atomic mass is 19.4. The zero-order chi connectivity index (χ0) is 16.9. The van der Waals surface area contributed by atoms with Gasteiger partial charge >= 0.3 is 6.18 Å². The molecule has 3 aromatic rings. The van der Waals surface area contributed by atoms with Crippen molar-refractivity contribution in [2.24, 2.45) is 0 Å². The van der Waals surface area contributed by atoms with Gasteiger partial charge < -0.3 is 9.88 Å². The Morgan fingerprint density at radius 3 is 2.50 bits per heavy atom. The zero-order valence-corrected chi connectivity index (χ0v) is 13.2. The van der Waals surface area contributed by atoms with E-state index in [4.69, 9.17) is 0 Å². The molecule has 0 radical (unpaired) electrons. The fourth-order valence-corrected chi connectivity index (χ4v) is 3.53.